The summed E-state index contributed by atoms with van der Waals surface area (Å²) < 4.78 is 6.03. The molecule has 3 rings (SSSR count). The smallest absolute Gasteiger partial charge is 0.318 e. The molecular formula is C20H29N3O3. The minimum atomic E-state index is -0.355. The van der Waals surface area contributed by atoms with Crippen LogP contribution in [0.1, 0.15) is 50.5 Å². The van der Waals surface area contributed by atoms with Crippen LogP contribution < -0.4 is 15.4 Å². The average molecular weight is 359 g/mol. The second kappa shape index (κ2) is 8.92. The zero-order valence-corrected chi connectivity index (χ0v) is 15.5. The average Bonchev–Trinajstić information content (AvgIpc) is 3.17. The van der Waals surface area contributed by atoms with Gasteiger partial charge in [-0.25, -0.2) is 4.79 Å². The summed E-state index contributed by atoms with van der Waals surface area (Å²) in [6.45, 7) is 1.07. The number of urea groups is 1. The predicted octanol–water partition coefficient (Wildman–Crippen LogP) is 2.82. The van der Waals surface area contributed by atoms with Gasteiger partial charge in [-0.2, -0.15) is 0 Å². The molecule has 0 radical (unpaired) electrons. The number of benzene rings is 1. The largest absolute Gasteiger partial charge is 0.490 e. The molecule has 1 saturated carbocycles. The Morgan fingerprint density at radius 3 is 2.50 bits per heavy atom. The maximum Gasteiger partial charge on any atom is 0.318 e. The molecule has 0 spiro atoms. The van der Waals surface area contributed by atoms with Crippen LogP contribution in [0.2, 0.25) is 0 Å². The number of likely N-dealkylation sites (N-methyl/N-ethyl adjacent to an activating group) is 1. The van der Waals surface area contributed by atoms with Crippen LogP contribution in [-0.2, 0) is 11.3 Å². The molecule has 6 nitrogen and oxygen atoms in total. The van der Waals surface area contributed by atoms with Gasteiger partial charge in [0.2, 0.25) is 5.91 Å². The first-order chi connectivity index (χ1) is 12.7. The molecule has 142 valence electrons. The summed E-state index contributed by atoms with van der Waals surface area (Å²) in [5.74, 6) is 0.799. The van der Waals surface area contributed by atoms with Gasteiger partial charge in [-0.3, -0.25) is 4.79 Å². The fourth-order valence-electron chi connectivity index (χ4n) is 3.79. The van der Waals surface area contributed by atoms with Gasteiger partial charge < -0.3 is 20.3 Å². The van der Waals surface area contributed by atoms with E-state index in [4.69, 9.17) is 4.74 Å². The molecule has 2 fully saturated rings. The van der Waals surface area contributed by atoms with Crippen molar-refractivity contribution < 1.29 is 14.3 Å². The van der Waals surface area contributed by atoms with Gasteiger partial charge in [-0.1, -0.05) is 18.6 Å². The Morgan fingerprint density at radius 2 is 1.81 bits per heavy atom. The second-order valence-electron chi connectivity index (χ2n) is 7.15. The molecule has 1 atom stereocenters. The van der Waals surface area contributed by atoms with E-state index < -0.39 is 0 Å². The zero-order chi connectivity index (χ0) is 18.4. The minimum Gasteiger partial charge on any atom is -0.490 e. The van der Waals surface area contributed by atoms with Crippen LogP contribution in [-0.4, -0.2) is 42.6 Å². The second-order valence-corrected chi connectivity index (χ2v) is 7.15. The van der Waals surface area contributed by atoms with Crippen LogP contribution in [0, 0.1) is 0 Å². The van der Waals surface area contributed by atoms with E-state index in [2.05, 4.69) is 10.6 Å². The molecule has 26 heavy (non-hydrogen) atoms. The number of rotatable bonds is 5. The van der Waals surface area contributed by atoms with Gasteiger partial charge in [0.05, 0.1) is 6.10 Å². The summed E-state index contributed by atoms with van der Waals surface area (Å²) in [4.78, 5) is 25.9. The Labute approximate surface area is 155 Å². The lowest BCUT2D eigenvalue weighted by atomic mass is 9.98. The Balaban J connectivity index is 1.48. The number of carbonyl (C=O) groups is 2. The van der Waals surface area contributed by atoms with Crippen LogP contribution in [0.3, 0.4) is 0 Å². The van der Waals surface area contributed by atoms with Crippen molar-refractivity contribution in [2.75, 3.05) is 13.6 Å². The van der Waals surface area contributed by atoms with E-state index in [1.54, 1.807) is 11.9 Å². The van der Waals surface area contributed by atoms with Crippen LogP contribution in [0.5, 0.6) is 5.75 Å². The van der Waals surface area contributed by atoms with Crippen molar-refractivity contribution in [2.24, 2.45) is 0 Å². The number of carbonyl (C=O) groups excluding carboxylic acids is 2. The Hall–Kier alpha value is -2.24. The van der Waals surface area contributed by atoms with Crippen molar-refractivity contribution >= 4 is 11.9 Å². The highest BCUT2D eigenvalue weighted by molar-refractivity contribution is 5.87. The first-order valence-corrected chi connectivity index (χ1v) is 9.69. The van der Waals surface area contributed by atoms with Gasteiger partial charge in [-0.05, 0) is 56.2 Å². The lowest BCUT2D eigenvalue weighted by Crippen LogP contribution is -2.48. The standard InChI is InChI=1S/C20H29N3O3/c1-21-19(24)18-8-5-13-23(18)20(25)22-14-15-9-11-17(12-10-15)26-16-6-3-2-4-7-16/h9-12,16,18H,2-8,13-14H2,1H3,(H,21,24)(H,22,25)/t18-/m0/s1. The van der Waals surface area contributed by atoms with Crippen LogP contribution >= 0.6 is 0 Å². The summed E-state index contributed by atoms with van der Waals surface area (Å²) in [7, 11) is 1.60. The highest BCUT2D eigenvalue weighted by atomic mass is 16.5. The van der Waals surface area contributed by atoms with Gasteiger partial charge >= 0.3 is 6.03 Å². The normalized spacial score (nSPS) is 20.7. The molecule has 0 bridgehead atoms. The number of nitrogens with zero attached hydrogens (tertiary/aromatic N) is 1. The molecule has 0 aromatic heterocycles. The van der Waals surface area contributed by atoms with E-state index in [1.165, 1.54) is 19.3 Å². The third-order valence-corrected chi connectivity index (χ3v) is 5.28. The van der Waals surface area contributed by atoms with Crippen LogP contribution in [0.4, 0.5) is 4.79 Å². The van der Waals surface area contributed by atoms with Gasteiger partial charge in [0.1, 0.15) is 11.8 Å². The molecule has 2 aliphatic rings. The fourth-order valence-corrected chi connectivity index (χ4v) is 3.79. The molecule has 0 unspecified atom stereocenters. The summed E-state index contributed by atoms with van der Waals surface area (Å²) in [6.07, 6.45) is 8.02. The van der Waals surface area contributed by atoms with Crippen molar-refractivity contribution in [1.29, 1.82) is 0 Å². The van der Waals surface area contributed by atoms with Crippen molar-refractivity contribution in [3.8, 4) is 5.75 Å². The topological polar surface area (TPSA) is 70.7 Å². The molecule has 2 N–H and O–H groups in total. The van der Waals surface area contributed by atoms with E-state index in [-0.39, 0.29) is 18.0 Å². The highest BCUT2D eigenvalue weighted by Crippen LogP contribution is 2.23. The molecule has 1 heterocycles. The Kier molecular flexibility index (Phi) is 6.36. The SMILES string of the molecule is CNC(=O)[C@@H]1CCCN1C(=O)NCc1ccc(OC2CCCCC2)cc1. The van der Waals surface area contributed by atoms with E-state index in [0.717, 1.165) is 37.0 Å². The van der Waals surface area contributed by atoms with E-state index >= 15 is 0 Å². The third kappa shape index (κ3) is 4.68. The molecular weight excluding hydrogens is 330 g/mol. The monoisotopic (exact) mass is 359 g/mol. The first kappa shape index (κ1) is 18.5. The minimum absolute atomic E-state index is 0.0955. The molecule has 6 heteroatoms. The maximum absolute atomic E-state index is 12.4. The van der Waals surface area contributed by atoms with Gasteiger partial charge in [0, 0.05) is 20.1 Å². The summed E-state index contributed by atoms with van der Waals surface area (Å²) in [5.41, 5.74) is 1.02. The number of hydrogen-bond acceptors (Lipinski definition) is 3. The summed E-state index contributed by atoms with van der Waals surface area (Å²) in [5, 5.41) is 5.55. The lowest BCUT2D eigenvalue weighted by Gasteiger charge is -2.24. The first-order valence-electron chi connectivity index (χ1n) is 9.69. The Morgan fingerprint density at radius 1 is 1.08 bits per heavy atom. The van der Waals surface area contributed by atoms with E-state index in [9.17, 15) is 9.59 Å². The van der Waals surface area contributed by atoms with Gasteiger partial charge in [-0.15, -0.1) is 0 Å². The Bertz CT molecular complexity index is 611. The number of hydrogen-bond donors (Lipinski definition) is 2. The third-order valence-electron chi connectivity index (χ3n) is 5.28. The van der Waals surface area contributed by atoms with Crippen molar-refractivity contribution in [3.05, 3.63) is 29.8 Å². The van der Waals surface area contributed by atoms with Gasteiger partial charge in [0.25, 0.3) is 0 Å². The van der Waals surface area contributed by atoms with Crippen LogP contribution in [0.15, 0.2) is 24.3 Å². The quantitative estimate of drug-likeness (QED) is 0.849. The van der Waals surface area contributed by atoms with Crippen LogP contribution in [0.25, 0.3) is 0 Å². The molecule has 1 aromatic rings. The van der Waals surface area contributed by atoms with E-state index in [1.807, 2.05) is 24.3 Å². The molecule has 1 aliphatic carbocycles. The summed E-state index contributed by atoms with van der Waals surface area (Å²) in [6, 6.07) is 7.38. The number of nitrogens with one attached hydrogen (secondary N) is 2. The van der Waals surface area contributed by atoms with Crippen molar-refractivity contribution in [1.82, 2.24) is 15.5 Å². The number of ether oxygens (including phenoxy) is 1. The van der Waals surface area contributed by atoms with Crippen molar-refractivity contribution in [2.45, 2.75) is 63.6 Å². The predicted molar refractivity (Wildman–Crippen MR) is 100.0 cm³/mol. The number of amides is 3. The zero-order valence-electron chi connectivity index (χ0n) is 15.5. The van der Waals surface area contributed by atoms with E-state index in [0.29, 0.717) is 19.2 Å². The molecule has 1 saturated heterocycles. The lowest BCUT2D eigenvalue weighted by molar-refractivity contribution is -0.124. The maximum atomic E-state index is 12.4. The fraction of sp³-hybridized carbons (Fsp3) is 0.600. The summed E-state index contributed by atoms with van der Waals surface area (Å²) >= 11 is 0. The van der Waals surface area contributed by atoms with Crippen molar-refractivity contribution in [3.63, 3.8) is 0 Å². The number of likely N-dealkylation sites (tertiary alicyclic amines) is 1. The molecule has 1 aliphatic heterocycles. The van der Waals surface area contributed by atoms with Gasteiger partial charge in [0.15, 0.2) is 0 Å². The highest BCUT2D eigenvalue weighted by Gasteiger charge is 2.33. The molecule has 3 amide bonds. The molecule has 1 aromatic carbocycles.